The monoisotopic (exact) mass is 266 g/mol. The van der Waals surface area contributed by atoms with Crippen LogP contribution >= 0.6 is 0 Å². The second-order valence-corrected chi connectivity index (χ2v) is 5.39. The fourth-order valence-electron chi connectivity index (χ4n) is 2.37. The molecule has 5 nitrogen and oxygen atoms in total. The average Bonchev–Trinajstić information content (AvgIpc) is 2.68. The normalized spacial score (nSPS) is 11.3. The molecule has 0 spiro atoms. The molecule has 1 amide bonds. The van der Waals surface area contributed by atoms with Crippen LogP contribution in [0, 0.1) is 5.92 Å². The van der Waals surface area contributed by atoms with Gasteiger partial charge in [-0.25, -0.2) is 0 Å². The third kappa shape index (κ3) is 3.49. The number of anilines is 1. The summed E-state index contributed by atoms with van der Waals surface area (Å²) in [6, 6.07) is 0.254. The zero-order valence-corrected chi connectivity index (χ0v) is 12.7. The fourth-order valence-corrected chi connectivity index (χ4v) is 2.37. The summed E-state index contributed by atoms with van der Waals surface area (Å²) in [5, 5.41) is 4.05. The second-order valence-electron chi connectivity index (χ2n) is 5.39. The Bertz CT molecular complexity index is 402. The minimum Gasteiger partial charge on any atom is -0.396 e. The van der Waals surface area contributed by atoms with E-state index in [2.05, 4.69) is 32.8 Å². The summed E-state index contributed by atoms with van der Waals surface area (Å²) in [6.45, 7) is 9.21. The van der Waals surface area contributed by atoms with E-state index in [1.165, 1.54) is 6.20 Å². The van der Waals surface area contributed by atoms with Crippen LogP contribution in [-0.4, -0.2) is 33.2 Å². The number of aromatic nitrogens is 2. The Morgan fingerprint density at radius 1 is 1.42 bits per heavy atom. The van der Waals surface area contributed by atoms with Crippen LogP contribution in [0.1, 0.15) is 51.0 Å². The topological polar surface area (TPSA) is 64.2 Å². The van der Waals surface area contributed by atoms with Gasteiger partial charge >= 0.3 is 0 Å². The minimum absolute atomic E-state index is 0.0140. The highest BCUT2D eigenvalue weighted by atomic mass is 16.2. The number of aryl methyl sites for hydroxylation is 1. The van der Waals surface area contributed by atoms with E-state index in [4.69, 9.17) is 5.73 Å². The first-order valence-corrected chi connectivity index (χ1v) is 7.00. The molecule has 0 aromatic carbocycles. The lowest BCUT2D eigenvalue weighted by Gasteiger charge is -2.32. The molecule has 0 aliphatic heterocycles. The number of hydrogen-bond acceptors (Lipinski definition) is 3. The van der Waals surface area contributed by atoms with Crippen molar-refractivity contribution in [2.75, 3.05) is 12.3 Å². The van der Waals surface area contributed by atoms with Crippen LogP contribution < -0.4 is 5.73 Å². The number of rotatable bonds is 6. The molecule has 0 aliphatic rings. The van der Waals surface area contributed by atoms with E-state index in [1.807, 2.05) is 4.90 Å². The summed E-state index contributed by atoms with van der Waals surface area (Å²) in [6.07, 6.45) is 3.44. The lowest BCUT2D eigenvalue weighted by Crippen LogP contribution is -2.43. The summed E-state index contributed by atoms with van der Waals surface area (Å²) in [4.78, 5) is 14.7. The van der Waals surface area contributed by atoms with Gasteiger partial charge in [-0.05, 0) is 18.8 Å². The van der Waals surface area contributed by atoms with Gasteiger partial charge in [0.15, 0.2) is 0 Å². The standard InChI is InChI=1S/C14H26N4O/c1-6-11(7-2)18(9-10(3)4)14(19)13-12(15)8-16-17(13)5/h8,10-11H,6-7,9,15H2,1-5H3. The van der Waals surface area contributed by atoms with Gasteiger partial charge < -0.3 is 10.6 Å². The fraction of sp³-hybridized carbons (Fsp3) is 0.714. The first-order valence-electron chi connectivity index (χ1n) is 7.00. The van der Waals surface area contributed by atoms with Crippen LogP contribution in [0.5, 0.6) is 0 Å². The van der Waals surface area contributed by atoms with E-state index in [-0.39, 0.29) is 11.9 Å². The summed E-state index contributed by atoms with van der Waals surface area (Å²) in [7, 11) is 1.75. The average molecular weight is 266 g/mol. The van der Waals surface area contributed by atoms with Gasteiger partial charge in [-0.15, -0.1) is 0 Å². The third-order valence-electron chi connectivity index (χ3n) is 3.38. The molecule has 2 N–H and O–H groups in total. The molecular weight excluding hydrogens is 240 g/mol. The molecule has 0 atom stereocenters. The summed E-state index contributed by atoms with van der Waals surface area (Å²) >= 11 is 0. The first kappa shape index (κ1) is 15.5. The summed E-state index contributed by atoms with van der Waals surface area (Å²) in [5.41, 5.74) is 6.81. The Hall–Kier alpha value is -1.52. The number of hydrogen-bond donors (Lipinski definition) is 1. The molecule has 0 saturated carbocycles. The number of nitrogens with two attached hydrogens (primary N) is 1. The molecule has 1 rings (SSSR count). The van der Waals surface area contributed by atoms with Crippen molar-refractivity contribution in [1.82, 2.24) is 14.7 Å². The Morgan fingerprint density at radius 3 is 2.37 bits per heavy atom. The maximum atomic E-state index is 12.7. The Morgan fingerprint density at radius 2 is 2.00 bits per heavy atom. The van der Waals surface area contributed by atoms with Crippen LogP contribution in [0.4, 0.5) is 5.69 Å². The van der Waals surface area contributed by atoms with Gasteiger partial charge in [0.1, 0.15) is 5.69 Å². The van der Waals surface area contributed by atoms with Crippen LogP contribution in [0.15, 0.2) is 6.20 Å². The lowest BCUT2D eigenvalue weighted by molar-refractivity contribution is 0.0630. The zero-order chi connectivity index (χ0) is 14.6. The lowest BCUT2D eigenvalue weighted by atomic mass is 10.1. The predicted octanol–water partition coefficient (Wildman–Crippen LogP) is 2.29. The summed E-state index contributed by atoms with van der Waals surface area (Å²) < 4.78 is 1.56. The van der Waals surface area contributed by atoms with Crippen LogP contribution in [-0.2, 0) is 7.05 Å². The van der Waals surface area contributed by atoms with Gasteiger partial charge in [0.25, 0.3) is 5.91 Å². The highest BCUT2D eigenvalue weighted by Crippen LogP contribution is 2.19. The van der Waals surface area contributed by atoms with Crippen molar-refractivity contribution >= 4 is 11.6 Å². The van der Waals surface area contributed by atoms with Crippen molar-refractivity contribution in [2.24, 2.45) is 13.0 Å². The number of amides is 1. The molecule has 1 heterocycles. The molecule has 1 aromatic rings. The van der Waals surface area contributed by atoms with Crippen molar-refractivity contribution in [3.05, 3.63) is 11.9 Å². The van der Waals surface area contributed by atoms with Crippen LogP contribution in [0.3, 0.4) is 0 Å². The number of carbonyl (C=O) groups excluding carboxylic acids is 1. The van der Waals surface area contributed by atoms with Crippen LogP contribution in [0.25, 0.3) is 0 Å². The number of nitrogen functional groups attached to an aromatic ring is 1. The molecule has 1 aromatic heterocycles. The Balaban J connectivity index is 3.07. The van der Waals surface area contributed by atoms with Gasteiger partial charge in [0.2, 0.25) is 0 Å². The maximum absolute atomic E-state index is 12.7. The highest BCUT2D eigenvalue weighted by molar-refractivity contribution is 5.97. The van der Waals surface area contributed by atoms with Crippen molar-refractivity contribution in [1.29, 1.82) is 0 Å². The zero-order valence-electron chi connectivity index (χ0n) is 12.7. The first-order chi connectivity index (χ1) is 8.92. The van der Waals surface area contributed by atoms with E-state index in [9.17, 15) is 4.79 Å². The molecule has 19 heavy (non-hydrogen) atoms. The van der Waals surface area contributed by atoms with Gasteiger partial charge in [0, 0.05) is 19.6 Å². The van der Waals surface area contributed by atoms with Gasteiger partial charge in [0.05, 0.1) is 11.9 Å². The molecule has 0 aliphatic carbocycles. The van der Waals surface area contributed by atoms with E-state index < -0.39 is 0 Å². The molecule has 0 unspecified atom stereocenters. The highest BCUT2D eigenvalue weighted by Gasteiger charge is 2.26. The smallest absolute Gasteiger partial charge is 0.274 e. The van der Waals surface area contributed by atoms with Gasteiger partial charge in [-0.3, -0.25) is 9.48 Å². The number of nitrogens with zero attached hydrogens (tertiary/aromatic N) is 3. The minimum atomic E-state index is -0.0140. The Labute approximate surface area is 115 Å². The van der Waals surface area contributed by atoms with E-state index in [0.29, 0.717) is 17.3 Å². The molecular formula is C14H26N4O. The second kappa shape index (κ2) is 6.59. The molecule has 108 valence electrons. The summed E-state index contributed by atoms with van der Waals surface area (Å²) in [5.74, 6) is 0.416. The van der Waals surface area contributed by atoms with E-state index in [1.54, 1.807) is 11.7 Å². The van der Waals surface area contributed by atoms with Crippen molar-refractivity contribution in [2.45, 2.75) is 46.6 Å². The quantitative estimate of drug-likeness (QED) is 0.859. The Kier molecular flexibility index (Phi) is 5.39. The van der Waals surface area contributed by atoms with Gasteiger partial charge in [-0.2, -0.15) is 5.10 Å². The molecule has 0 fully saturated rings. The van der Waals surface area contributed by atoms with Crippen molar-refractivity contribution in [3.8, 4) is 0 Å². The van der Waals surface area contributed by atoms with Crippen molar-refractivity contribution < 1.29 is 4.79 Å². The largest absolute Gasteiger partial charge is 0.396 e. The molecule has 0 bridgehead atoms. The number of carbonyl (C=O) groups is 1. The van der Waals surface area contributed by atoms with Crippen LogP contribution in [0.2, 0.25) is 0 Å². The third-order valence-corrected chi connectivity index (χ3v) is 3.38. The molecule has 0 radical (unpaired) electrons. The SMILES string of the molecule is CCC(CC)N(CC(C)C)C(=O)c1c(N)cnn1C. The molecule has 5 heteroatoms. The maximum Gasteiger partial charge on any atom is 0.274 e. The van der Waals surface area contributed by atoms with Gasteiger partial charge in [-0.1, -0.05) is 27.7 Å². The molecule has 0 saturated heterocycles. The van der Waals surface area contributed by atoms with E-state index in [0.717, 1.165) is 19.4 Å². The van der Waals surface area contributed by atoms with E-state index >= 15 is 0 Å². The predicted molar refractivity (Wildman–Crippen MR) is 77.9 cm³/mol. The van der Waals surface area contributed by atoms with Crippen molar-refractivity contribution in [3.63, 3.8) is 0 Å².